The number of hydrogen-bond acceptors (Lipinski definition) is 6. The van der Waals surface area contributed by atoms with Crippen molar-refractivity contribution >= 4 is 17.3 Å². The molecule has 1 aliphatic rings. The van der Waals surface area contributed by atoms with Crippen molar-refractivity contribution in [3.05, 3.63) is 47.4 Å². The van der Waals surface area contributed by atoms with E-state index in [4.69, 9.17) is 9.68 Å². The van der Waals surface area contributed by atoms with Crippen molar-refractivity contribution < 1.29 is 19.4 Å². The van der Waals surface area contributed by atoms with Gasteiger partial charge in [0.05, 0.1) is 18.0 Å². The lowest BCUT2D eigenvalue weighted by molar-refractivity contribution is 0.0996. The van der Waals surface area contributed by atoms with Gasteiger partial charge >= 0.3 is 0 Å². The van der Waals surface area contributed by atoms with Gasteiger partial charge in [-0.2, -0.15) is 5.26 Å². The van der Waals surface area contributed by atoms with E-state index in [0.717, 1.165) is 31.6 Å². The summed E-state index contributed by atoms with van der Waals surface area (Å²) in [6, 6.07) is 10.2. The molecule has 26 heavy (non-hydrogen) atoms. The van der Waals surface area contributed by atoms with Gasteiger partial charge in [0.1, 0.15) is 6.07 Å². The smallest absolute Gasteiger partial charge is 0.291 e. The lowest BCUT2D eigenvalue weighted by Crippen LogP contribution is -2.35. The molecule has 1 aromatic heterocycles. The summed E-state index contributed by atoms with van der Waals surface area (Å²) in [5, 5.41) is 30.3. The van der Waals surface area contributed by atoms with E-state index in [9.17, 15) is 15.0 Å². The first-order chi connectivity index (χ1) is 12.6. The van der Waals surface area contributed by atoms with Crippen molar-refractivity contribution in [2.75, 3.05) is 29.9 Å². The molecular weight excluding hydrogens is 334 g/mol. The third kappa shape index (κ3) is 3.87. The molecule has 136 valence electrons. The first-order valence-electron chi connectivity index (χ1n) is 8.55. The molecule has 1 saturated heterocycles. The van der Waals surface area contributed by atoms with E-state index < -0.39 is 5.91 Å². The van der Waals surface area contributed by atoms with E-state index in [1.807, 2.05) is 18.2 Å². The van der Waals surface area contributed by atoms with Crippen molar-refractivity contribution in [1.82, 2.24) is 0 Å². The molecule has 7 nitrogen and oxygen atoms in total. The molecule has 2 heterocycles. The molecular formula is C19H21N3O4. The molecule has 0 radical (unpaired) electrons. The van der Waals surface area contributed by atoms with E-state index in [1.54, 1.807) is 6.07 Å². The van der Waals surface area contributed by atoms with Crippen LogP contribution >= 0.6 is 0 Å². The number of furan rings is 1. The van der Waals surface area contributed by atoms with Gasteiger partial charge in [0, 0.05) is 19.7 Å². The van der Waals surface area contributed by atoms with Gasteiger partial charge in [-0.1, -0.05) is 6.07 Å². The summed E-state index contributed by atoms with van der Waals surface area (Å²) < 4.78 is 5.17. The van der Waals surface area contributed by atoms with Crippen molar-refractivity contribution in [2.24, 2.45) is 5.92 Å². The first-order valence-corrected chi connectivity index (χ1v) is 8.55. The predicted octanol–water partition coefficient (Wildman–Crippen LogP) is 2.10. The van der Waals surface area contributed by atoms with Crippen LogP contribution in [0, 0.1) is 17.2 Å². The fraction of sp³-hybridized carbons (Fsp3) is 0.368. The highest BCUT2D eigenvalue weighted by Crippen LogP contribution is 2.31. The molecule has 0 bridgehead atoms. The van der Waals surface area contributed by atoms with Gasteiger partial charge in [0.2, 0.25) is 5.76 Å². The molecule has 3 N–H and O–H groups in total. The number of rotatable bonds is 5. The molecule has 0 spiro atoms. The minimum atomic E-state index is -0.451. The maximum Gasteiger partial charge on any atom is 0.291 e. The summed E-state index contributed by atoms with van der Waals surface area (Å²) >= 11 is 0. The second-order valence-electron chi connectivity index (χ2n) is 6.35. The Balaban J connectivity index is 1.82. The van der Waals surface area contributed by atoms with Crippen LogP contribution in [-0.4, -0.2) is 35.8 Å². The van der Waals surface area contributed by atoms with Crippen LogP contribution in [0.2, 0.25) is 0 Å². The quantitative estimate of drug-likeness (QED) is 0.758. The number of benzene rings is 1. The summed E-state index contributed by atoms with van der Waals surface area (Å²) in [7, 11) is 0. The molecule has 7 heteroatoms. The molecule has 0 saturated carbocycles. The Bertz CT molecular complexity index is 816. The fourth-order valence-electron chi connectivity index (χ4n) is 3.12. The topological polar surface area (TPSA) is 110 Å². The summed E-state index contributed by atoms with van der Waals surface area (Å²) in [4.78, 5) is 14.6. The number of aliphatic hydroxyl groups excluding tert-OH is 2. The highest BCUT2D eigenvalue weighted by atomic mass is 16.3. The van der Waals surface area contributed by atoms with Crippen molar-refractivity contribution in [2.45, 2.75) is 19.4 Å². The Morgan fingerprint density at radius 1 is 1.27 bits per heavy atom. The standard InChI is InChI=1S/C19H21N3O4/c20-10-15-2-4-18(26-15)19(25)21-16-9-14(12-24)1-3-17(16)22-7-5-13(11-23)6-8-22/h1-4,9,13,23-24H,5-8,11-12H2,(H,21,25). The highest BCUT2D eigenvalue weighted by molar-refractivity contribution is 6.04. The average Bonchev–Trinajstić information content (AvgIpc) is 3.17. The van der Waals surface area contributed by atoms with Gasteiger partial charge in [-0.05, 0) is 48.6 Å². The first kappa shape index (κ1) is 18.0. The van der Waals surface area contributed by atoms with E-state index in [0.29, 0.717) is 17.2 Å². The normalized spacial score (nSPS) is 14.9. The van der Waals surface area contributed by atoms with Gasteiger partial charge in [0.15, 0.2) is 5.76 Å². The van der Waals surface area contributed by atoms with Crippen LogP contribution in [0.25, 0.3) is 0 Å². The lowest BCUT2D eigenvalue weighted by atomic mass is 9.97. The number of nitriles is 1. The van der Waals surface area contributed by atoms with Crippen molar-refractivity contribution in [3.63, 3.8) is 0 Å². The maximum absolute atomic E-state index is 12.4. The van der Waals surface area contributed by atoms with Gasteiger partial charge < -0.3 is 24.8 Å². The minimum absolute atomic E-state index is 0.0564. The van der Waals surface area contributed by atoms with Crippen LogP contribution in [0.5, 0.6) is 0 Å². The molecule has 1 fully saturated rings. The highest BCUT2D eigenvalue weighted by Gasteiger charge is 2.22. The van der Waals surface area contributed by atoms with E-state index in [1.165, 1.54) is 12.1 Å². The van der Waals surface area contributed by atoms with Crippen LogP contribution in [0.4, 0.5) is 11.4 Å². The van der Waals surface area contributed by atoms with Crippen LogP contribution in [0.3, 0.4) is 0 Å². The summed E-state index contributed by atoms with van der Waals surface area (Å²) in [5.74, 6) is -0.00643. The molecule has 1 amide bonds. The number of carbonyl (C=O) groups excluding carboxylic acids is 1. The number of amides is 1. The molecule has 0 atom stereocenters. The summed E-state index contributed by atoms with van der Waals surface area (Å²) in [6.45, 7) is 1.63. The number of hydrogen-bond donors (Lipinski definition) is 3. The SMILES string of the molecule is N#Cc1ccc(C(=O)Nc2cc(CO)ccc2N2CCC(CO)CC2)o1. The van der Waals surface area contributed by atoms with Crippen LogP contribution in [-0.2, 0) is 6.61 Å². The minimum Gasteiger partial charge on any atom is -0.440 e. The lowest BCUT2D eigenvalue weighted by Gasteiger charge is -2.34. The second kappa shape index (κ2) is 8.04. The maximum atomic E-state index is 12.4. The average molecular weight is 355 g/mol. The zero-order valence-electron chi connectivity index (χ0n) is 14.3. The molecule has 2 aromatic rings. The monoisotopic (exact) mass is 355 g/mol. The molecule has 1 aromatic carbocycles. The fourth-order valence-corrected chi connectivity index (χ4v) is 3.12. The van der Waals surface area contributed by atoms with Gasteiger partial charge in [0.25, 0.3) is 5.91 Å². The predicted molar refractivity (Wildman–Crippen MR) is 95.8 cm³/mol. The van der Waals surface area contributed by atoms with E-state index >= 15 is 0 Å². The van der Waals surface area contributed by atoms with Crippen LogP contribution < -0.4 is 10.2 Å². The largest absolute Gasteiger partial charge is 0.440 e. The van der Waals surface area contributed by atoms with Crippen LogP contribution in [0.15, 0.2) is 34.7 Å². The zero-order valence-corrected chi connectivity index (χ0v) is 14.3. The molecule has 1 aliphatic heterocycles. The number of carbonyl (C=O) groups is 1. The number of aliphatic hydroxyl groups is 2. The Labute approximate surface area is 151 Å². The number of piperidine rings is 1. The second-order valence-corrected chi connectivity index (χ2v) is 6.35. The van der Waals surface area contributed by atoms with Crippen LogP contribution in [0.1, 0.15) is 34.7 Å². The number of anilines is 2. The Morgan fingerprint density at radius 2 is 2.04 bits per heavy atom. The Hall–Kier alpha value is -2.82. The third-order valence-corrected chi connectivity index (χ3v) is 4.65. The number of nitrogens with zero attached hydrogens (tertiary/aromatic N) is 2. The van der Waals surface area contributed by atoms with Crippen molar-refractivity contribution in [3.8, 4) is 6.07 Å². The number of nitrogens with one attached hydrogen (secondary N) is 1. The Kier molecular flexibility index (Phi) is 5.56. The van der Waals surface area contributed by atoms with Crippen molar-refractivity contribution in [1.29, 1.82) is 5.26 Å². The van der Waals surface area contributed by atoms with E-state index in [-0.39, 0.29) is 24.7 Å². The van der Waals surface area contributed by atoms with Gasteiger partial charge in [-0.25, -0.2) is 0 Å². The van der Waals surface area contributed by atoms with Gasteiger partial charge in [-0.3, -0.25) is 4.79 Å². The molecule has 0 aliphatic carbocycles. The molecule has 3 rings (SSSR count). The Morgan fingerprint density at radius 3 is 2.65 bits per heavy atom. The summed E-state index contributed by atoms with van der Waals surface area (Å²) in [5.41, 5.74) is 2.13. The molecule has 0 unspecified atom stereocenters. The van der Waals surface area contributed by atoms with E-state index in [2.05, 4.69) is 10.2 Å². The van der Waals surface area contributed by atoms with Gasteiger partial charge in [-0.15, -0.1) is 0 Å². The third-order valence-electron chi connectivity index (χ3n) is 4.65. The summed E-state index contributed by atoms with van der Waals surface area (Å²) in [6.07, 6.45) is 1.77. The zero-order chi connectivity index (χ0) is 18.5.